The highest BCUT2D eigenvalue weighted by molar-refractivity contribution is 5.98. The van der Waals surface area contributed by atoms with Crippen molar-refractivity contribution in [3.63, 3.8) is 0 Å². The Labute approximate surface area is 113 Å². The summed E-state index contributed by atoms with van der Waals surface area (Å²) >= 11 is 0. The van der Waals surface area contributed by atoms with Crippen molar-refractivity contribution in [2.24, 2.45) is 10.7 Å². The van der Waals surface area contributed by atoms with Crippen LogP contribution in [0.2, 0.25) is 0 Å². The molecule has 0 aromatic heterocycles. The van der Waals surface area contributed by atoms with Crippen LogP contribution in [0.3, 0.4) is 0 Å². The molecule has 2 amide bonds. The van der Waals surface area contributed by atoms with Gasteiger partial charge in [-0.3, -0.25) is 0 Å². The molecule has 7 heteroatoms. The maximum Gasteiger partial charge on any atom is 0.437 e. The zero-order valence-electron chi connectivity index (χ0n) is 12.3. The summed E-state index contributed by atoms with van der Waals surface area (Å²) in [5, 5.41) is 0. The lowest BCUT2D eigenvalue weighted by atomic mass is 10.2. The molecule has 0 heterocycles. The van der Waals surface area contributed by atoms with Crippen molar-refractivity contribution in [3.8, 4) is 0 Å². The topological polar surface area (TPSA) is 94.2 Å². The van der Waals surface area contributed by atoms with Crippen molar-refractivity contribution in [1.29, 1.82) is 0 Å². The number of carbonyl (C=O) groups is 2. The minimum atomic E-state index is -0.901. The van der Waals surface area contributed by atoms with Gasteiger partial charge in [0, 0.05) is 0 Å². The highest BCUT2D eigenvalue weighted by Gasteiger charge is 2.23. The second-order valence-electron chi connectivity index (χ2n) is 5.86. The van der Waals surface area contributed by atoms with Gasteiger partial charge in [0.25, 0.3) is 0 Å². The summed E-state index contributed by atoms with van der Waals surface area (Å²) < 4.78 is 9.94. The van der Waals surface area contributed by atoms with Crippen molar-refractivity contribution >= 4 is 18.1 Å². The van der Waals surface area contributed by atoms with E-state index in [9.17, 15) is 9.59 Å². The van der Waals surface area contributed by atoms with E-state index in [-0.39, 0.29) is 0 Å². The molecule has 2 N–H and O–H groups in total. The van der Waals surface area contributed by atoms with E-state index >= 15 is 0 Å². The molecule has 0 aliphatic heterocycles. The molecule has 0 saturated heterocycles. The first-order valence-electron chi connectivity index (χ1n) is 5.72. The van der Waals surface area contributed by atoms with Crippen LogP contribution in [-0.4, -0.2) is 34.2 Å². The fourth-order valence-corrected chi connectivity index (χ4v) is 0.849. The van der Waals surface area contributed by atoms with E-state index < -0.39 is 29.3 Å². The average molecular weight is 272 g/mol. The van der Waals surface area contributed by atoms with Gasteiger partial charge in [-0.25, -0.2) is 14.5 Å². The quantitative estimate of drug-likeness (QED) is 0.539. The number of nitrogens with zero attached hydrogens (tertiary/aromatic N) is 2. The van der Waals surface area contributed by atoms with Gasteiger partial charge in [0.1, 0.15) is 11.2 Å². The molecule has 0 aromatic rings. The summed E-state index contributed by atoms with van der Waals surface area (Å²) in [6.45, 7) is 10.1. The predicted octanol–water partition coefficient (Wildman–Crippen LogP) is 2.26. The Morgan fingerprint density at radius 3 is 1.84 bits per heavy atom. The first kappa shape index (κ1) is 17.2. The van der Waals surface area contributed by atoms with Crippen LogP contribution in [-0.2, 0) is 9.47 Å². The molecule has 0 aromatic carbocycles. The molecule has 0 bridgehead atoms. The Morgan fingerprint density at radius 1 is 1.05 bits per heavy atom. The molecular weight excluding hydrogens is 250 g/mol. The number of rotatable bonds is 0. The summed E-state index contributed by atoms with van der Waals surface area (Å²) in [6, 6.07) is 0. The van der Waals surface area contributed by atoms with Crippen LogP contribution in [0.1, 0.15) is 41.5 Å². The van der Waals surface area contributed by atoms with E-state index in [2.05, 4.69) is 12.0 Å². The minimum absolute atomic E-state index is 0.400. The SMILES string of the molecule is [CH2]N(C(=O)OC(C)(C)C)C(N)=NC(=O)OC(C)(C)C. The zero-order valence-corrected chi connectivity index (χ0v) is 12.3. The summed E-state index contributed by atoms with van der Waals surface area (Å²) in [7, 11) is 3.37. The van der Waals surface area contributed by atoms with Crippen LogP contribution in [0, 0.1) is 7.05 Å². The fourth-order valence-electron chi connectivity index (χ4n) is 0.849. The summed E-state index contributed by atoms with van der Waals surface area (Å²) in [4.78, 5) is 27.1. The van der Waals surface area contributed by atoms with Crippen LogP contribution >= 0.6 is 0 Å². The van der Waals surface area contributed by atoms with Gasteiger partial charge >= 0.3 is 12.2 Å². The van der Waals surface area contributed by atoms with Gasteiger partial charge in [0.2, 0.25) is 5.96 Å². The molecule has 0 saturated carbocycles. The highest BCUT2D eigenvalue weighted by atomic mass is 16.6. The zero-order chi connectivity index (χ0) is 15.4. The molecule has 7 nitrogen and oxygen atoms in total. The third-order valence-electron chi connectivity index (χ3n) is 1.49. The summed E-state index contributed by atoms with van der Waals surface area (Å²) in [6.07, 6.45) is -1.71. The number of carbonyl (C=O) groups excluding carboxylic acids is 2. The van der Waals surface area contributed by atoms with E-state index in [4.69, 9.17) is 15.2 Å². The average Bonchev–Trinajstić information content (AvgIpc) is 2.10. The third kappa shape index (κ3) is 8.01. The number of amides is 2. The number of hydrogen-bond donors (Lipinski definition) is 1. The van der Waals surface area contributed by atoms with Gasteiger partial charge < -0.3 is 15.2 Å². The van der Waals surface area contributed by atoms with Crippen molar-refractivity contribution in [2.45, 2.75) is 52.7 Å². The van der Waals surface area contributed by atoms with Crippen LogP contribution in [0.5, 0.6) is 0 Å². The molecule has 1 radical (unpaired) electrons. The lowest BCUT2D eigenvalue weighted by Crippen LogP contribution is -2.41. The molecular formula is C12H22N3O4. The first-order chi connectivity index (χ1) is 8.32. The number of guanidine groups is 1. The van der Waals surface area contributed by atoms with Gasteiger partial charge in [-0.05, 0) is 41.5 Å². The molecule has 0 fully saturated rings. The Bertz CT molecular complexity index is 377. The Morgan fingerprint density at radius 2 is 1.47 bits per heavy atom. The lowest BCUT2D eigenvalue weighted by molar-refractivity contribution is 0.0420. The van der Waals surface area contributed by atoms with Crippen LogP contribution in [0.25, 0.3) is 0 Å². The van der Waals surface area contributed by atoms with E-state index in [1.165, 1.54) is 0 Å². The molecule has 19 heavy (non-hydrogen) atoms. The molecule has 0 aliphatic rings. The standard InChI is InChI=1S/C12H22N3O4/c1-11(2,3)18-9(16)14-8(13)15(7)10(17)19-12(4,5)6/h7H2,1-6H3,(H2,13,14,16). The van der Waals surface area contributed by atoms with Gasteiger partial charge in [-0.2, -0.15) is 0 Å². The van der Waals surface area contributed by atoms with Gasteiger partial charge in [0.05, 0.1) is 7.05 Å². The van der Waals surface area contributed by atoms with Crippen LogP contribution in [0.15, 0.2) is 4.99 Å². The highest BCUT2D eigenvalue weighted by Crippen LogP contribution is 2.10. The normalized spacial score (nSPS) is 12.9. The Kier molecular flexibility index (Phi) is 5.34. The molecule has 0 rings (SSSR count). The molecule has 109 valence electrons. The Balaban J connectivity index is 4.68. The molecule has 0 aliphatic carbocycles. The second kappa shape index (κ2) is 5.90. The lowest BCUT2D eigenvalue weighted by Gasteiger charge is -2.24. The third-order valence-corrected chi connectivity index (χ3v) is 1.49. The van der Waals surface area contributed by atoms with Crippen molar-refractivity contribution in [1.82, 2.24) is 4.90 Å². The van der Waals surface area contributed by atoms with E-state index in [0.29, 0.717) is 4.90 Å². The van der Waals surface area contributed by atoms with Crippen LogP contribution < -0.4 is 5.73 Å². The van der Waals surface area contributed by atoms with Crippen LogP contribution in [0.4, 0.5) is 9.59 Å². The predicted molar refractivity (Wildman–Crippen MR) is 71.3 cm³/mol. The minimum Gasteiger partial charge on any atom is -0.443 e. The van der Waals surface area contributed by atoms with Crippen molar-refractivity contribution < 1.29 is 19.1 Å². The maximum absolute atomic E-state index is 11.6. The van der Waals surface area contributed by atoms with E-state index in [1.807, 2.05) is 0 Å². The van der Waals surface area contributed by atoms with Gasteiger partial charge in [-0.15, -0.1) is 4.99 Å². The largest absolute Gasteiger partial charge is 0.443 e. The fraction of sp³-hybridized carbons (Fsp3) is 0.667. The molecule has 0 spiro atoms. The smallest absolute Gasteiger partial charge is 0.437 e. The number of nitrogens with two attached hydrogens (primary N) is 1. The molecule has 0 unspecified atom stereocenters. The maximum atomic E-state index is 11.6. The van der Waals surface area contributed by atoms with Crippen molar-refractivity contribution in [3.05, 3.63) is 7.05 Å². The van der Waals surface area contributed by atoms with Gasteiger partial charge in [-0.1, -0.05) is 0 Å². The number of hydrogen-bond acceptors (Lipinski definition) is 4. The van der Waals surface area contributed by atoms with E-state index in [0.717, 1.165) is 0 Å². The Hall–Kier alpha value is -1.79. The summed E-state index contributed by atoms with van der Waals surface area (Å²) in [5.74, 6) is -0.400. The number of aliphatic imine (C=N–C) groups is 1. The van der Waals surface area contributed by atoms with E-state index in [1.54, 1.807) is 41.5 Å². The number of ether oxygens (including phenoxy) is 2. The monoisotopic (exact) mass is 272 g/mol. The second-order valence-corrected chi connectivity index (χ2v) is 5.86. The summed E-state index contributed by atoms with van der Waals surface area (Å²) in [5.41, 5.74) is 4.08. The van der Waals surface area contributed by atoms with Gasteiger partial charge in [0.15, 0.2) is 0 Å². The molecule has 0 atom stereocenters. The van der Waals surface area contributed by atoms with Crippen molar-refractivity contribution in [2.75, 3.05) is 0 Å². The first-order valence-corrected chi connectivity index (χ1v) is 5.72.